The van der Waals surface area contributed by atoms with Gasteiger partial charge in [-0.1, -0.05) is 12.1 Å². The molecule has 0 bridgehead atoms. The lowest BCUT2D eigenvalue weighted by Crippen LogP contribution is -2.45. The van der Waals surface area contributed by atoms with Crippen molar-refractivity contribution in [2.45, 2.75) is 43.8 Å². The minimum Gasteiger partial charge on any atom is -0.357 e. The summed E-state index contributed by atoms with van der Waals surface area (Å²) in [5, 5.41) is 6.41. The number of aliphatic imine (C=N–C) groups is 1. The molecule has 2 fully saturated rings. The highest BCUT2D eigenvalue weighted by atomic mass is 19.4. The highest BCUT2D eigenvalue weighted by Crippen LogP contribution is 2.48. The number of alkyl halides is 3. The predicted molar refractivity (Wildman–Crippen MR) is 97.3 cm³/mol. The molecule has 150 valence electrons. The molecule has 1 atom stereocenters. The van der Waals surface area contributed by atoms with Gasteiger partial charge in [0.2, 0.25) is 0 Å². The Morgan fingerprint density at radius 2 is 2.11 bits per heavy atom. The van der Waals surface area contributed by atoms with Crippen LogP contribution in [0.3, 0.4) is 0 Å². The van der Waals surface area contributed by atoms with E-state index in [0.717, 1.165) is 18.4 Å². The van der Waals surface area contributed by atoms with E-state index in [2.05, 4.69) is 15.6 Å². The van der Waals surface area contributed by atoms with E-state index in [9.17, 15) is 17.6 Å². The maximum absolute atomic E-state index is 13.5. The molecule has 8 heteroatoms. The van der Waals surface area contributed by atoms with E-state index < -0.39 is 12.7 Å². The Labute approximate surface area is 157 Å². The first-order valence-corrected chi connectivity index (χ1v) is 9.40. The van der Waals surface area contributed by atoms with E-state index in [1.165, 1.54) is 11.0 Å². The van der Waals surface area contributed by atoms with Gasteiger partial charge in [-0.2, -0.15) is 13.2 Å². The van der Waals surface area contributed by atoms with Crippen LogP contribution in [-0.2, 0) is 5.41 Å². The van der Waals surface area contributed by atoms with Crippen LogP contribution in [0.2, 0.25) is 0 Å². The molecule has 1 aliphatic carbocycles. The van der Waals surface area contributed by atoms with E-state index >= 15 is 0 Å². The van der Waals surface area contributed by atoms with Crippen LogP contribution in [0.5, 0.6) is 0 Å². The van der Waals surface area contributed by atoms with Crippen LogP contribution in [0.4, 0.5) is 17.6 Å². The Balaban J connectivity index is 1.59. The monoisotopic (exact) mass is 386 g/mol. The summed E-state index contributed by atoms with van der Waals surface area (Å²) in [7, 11) is 0. The lowest BCUT2D eigenvalue weighted by atomic mass is 9.96. The normalized spacial score (nSPS) is 22.7. The second-order valence-corrected chi connectivity index (χ2v) is 7.47. The number of guanidine groups is 1. The molecule has 1 saturated heterocycles. The molecule has 1 saturated carbocycles. The summed E-state index contributed by atoms with van der Waals surface area (Å²) >= 11 is 0. The van der Waals surface area contributed by atoms with Gasteiger partial charge in [-0.15, -0.1) is 0 Å². The van der Waals surface area contributed by atoms with Gasteiger partial charge in [-0.05, 0) is 43.9 Å². The van der Waals surface area contributed by atoms with Crippen LogP contribution in [0.15, 0.2) is 29.3 Å². The summed E-state index contributed by atoms with van der Waals surface area (Å²) in [4.78, 5) is 6.06. The number of likely N-dealkylation sites (tertiary alicyclic amines) is 1. The number of hydrogen-bond acceptors (Lipinski definition) is 2. The van der Waals surface area contributed by atoms with Crippen LogP contribution in [0.25, 0.3) is 0 Å². The molecule has 0 amide bonds. The molecule has 1 aliphatic heterocycles. The average Bonchev–Trinajstić information content (AvgIpc) is 3.27. The SMILES string of the molecule is CCNC(=NCC1(c2cccc(F)c2)CC1)NC1CCN(CC(F)(F)F)C1. The van der Waals surface area contributed by atoms with Gasteiger partial charge in [-0.3, -0.25) is 9.89 Å². The third-order valence-electron chi connectivity index (χ3n) is 5.19. The van der Waals surface area contributed by atoms with Crippen molar-refractivity contribution in [3.05, 3.63) is 35.6 Å². The van der Waals surface area contributed by atoms with E-state index in [4.69, 9.17) is 0 Å². The summed E-state index contributed by atoms with van der Waals surface area (Å²) in [6.45, 7) is 3.04. The van der Waals surface area contributed by atoms with Crippen molar-refractivity contribution >= 4 is 5.96 Å². The molecule has 2 aliphatic rings. The number of rotatable bonds is 6. The molecule has 1 aromatic carbocycles. The van der Waals surface area contributed by atoms with Gasteiger partial charge in [0, 0.05) is 31.1 Å². The van der Waals surface area contributed by atoms with Gasteiger partial charge >= 0.3 is 6.18 Å². The van der Waals surface area contributed by atoms with E-state index in [1.54, 1.807) is 12.1 Å². The lowest BCUT2D eigenvalue weighted by molar-refractivity contribution is -0.143. The fourth-order valence-electron chi connectivity index (χ4n) is 3.60. The molecule has 1 unspecified atom stereocenters. The number of hydrogen-bond donors (Lipinski definition) is 2. The van der Waals surface area contributed by atoms with Crippen LogP contribution >= 0.6 is 0 Å². The summed E-state index contributed by atoms with van der Waals surface area (Å²) in [5.74, 6) is 0.363. The molecule has 2 N–H and O–H groups in total. The molecule has 3 rings (SSSR count). The Bertz CT molecular complexity index is 670. The van der Waals surface area contributed by atoms with E-state index in [1.807, 2.05) is 13.0 Å². The maximum Gasteiger partial charge on any atom is 0.401 e. The van der Waals surface area contributed by atoms with Crippen molar-refractivity contribution in [2.75, 3.05) is 32.7 Å². The lowest BCUT2D eigenvalue weighted by Gasteiger charge is -2.20. The zero-order chi connectivity index (χ0) is 19.5. The Morgan fingerprint density at radius 3 is 2.74 bits per heavy atom. The summed E-state index contributed by atoms with van der Waals surface area (Å²) in [6.07, 6.45) is -1.60. The fourth-order valence-corrected chi connectivity index (χ4v) is 3.60. The molecule has 1 heterocycles. The van der Waals surface area contributed by atoms with Crippen molar-refractivity contribution < 1.29 is 17.6 Å². The average molecular weight is 386 g/mol. The summed E-state index contributed by atoms with van der Waals surface area (Å²) < 4.78 is 51.1. The first kappa shape index (κ1) is 19.9. The van der Waals surface area contributed by atoms with Crippen molar-refractivity contribution in [2.24, 2.45) is 4.99 Å². The molecule has 0 spiro atoms. The topological polar surface area (TPSA) is 39.7 Å². The van der Waals surface area contributed by atoms with Crippen LogP contribution in [0.1, 0.15) is 31.7 Å². The summed E-state index contributed by atoms with van der Waals surface area (Å²) in [5.41, 5.74) is 0.835. The third kappa shape index (κ3) is 5.57. The zero-order valence-electron chi connectivity index (χ0n) is 15.4. The molecular weight excluding hydrogens is 360 g/mol. The van der Waals surface area contributed by atoms with Gasteiger partial charge in [0.25, 0.3) is 0 Å². The Morgan fingerprint density at radius 1 is 1.33 bits per heavy atom. The largest absolute Gasteiger partial charge is 0.401 e. The highest BCUT2D eigenvalue weighted by Gasteiger charge is 2.44. The minimum atomic E-state index is -4.17. The third-order valence-corrected chi connectivity index (χ3v) is 5.19. The molecular formula is C19H26F4N4. The van der Waals surface area contributed by atoms with Crippen molar-refractivity contribution in [3.63, 3.8) is 0 Å². The van der Waals surface area contributed by atoms with Gasteiger partial charge in [0.1, 0.15) is 5.82 Å². The molecule has 27 heavy (non-hydrogen) atoms. The van der Waals surface area contributed by atoms with Gasteiger partial charge in [0.05, 0.1) is 13.1 Å². The molecule has 0 aromatic heterocycles. The van der Waals surface area contributed by atoms with Gasteiger partial charge < -0.3 is 10.6 Å². The number of halogens is 4. The Kier molecular flexibility index (Phi) is 5.93. The number of nitrogens with one attached hydrogen (secondary N) is 2. The quantitative estimate of drug-likeness (QED) is 0.449. The molecule has 1 aromatic rings. The number of benzene rings is 1. The summed E-state index contributed by atoms with van der Waals surface area (Å²) in [6, 6.07) is 6.58. The van der Waals surface area contributed by atoms with Crippen molar-refractivity contribution in [1.29, 1.82) is 0 Å². The van der Waals surface area contributed by atoms with Crippen molar-refractivity contribution in [3.8, 4) is 0 Å². The smallest absolute Gasteiger partial charge is 0.357 e. The van der Waals surface area contributed by atoms with E-state index in [-0.39, 0.29) is 17.3 Å². The Hall–Kier alpha value is -1.83. The fraction of sp³-hybridized carbons (Fsp3) is 0.632. The second kappa shape index (κ2) is 8.04. The second-order valence-electron chi connectivity index (χ2n) is 7.47. The van der Waals surface area contributed by atoms with Gasteiger partial charge in [-0.25, -0.2) is 4.39 Å². The zero-order valence-corrected chi connectivity index (χ0v) is 15.4. The van der Waals surface area contributed by atoms with Crippen LogP contribution < -0.4 is 10.6 Å². The van der Waals surface area contributed by atoms with Crippen LogP contribution in [-0.4, -0.2) is 55.8 Å². The van der Waals surface area contributed by atoms with Crippen molar-refractivity contribution in [1.82, 2.24) is 15.5 Å². The predicted octanol–water partition coefficient (Wildman–Crippen LogP) is 3.05. The number of nitrogens with zero attached hydrogens (tertiary/aromatic N) is 2. The molecule has 0 radical (unpaired) electrons. The van der Waals surface area contributed by atoms with Crippen LogP contribution in [0, 0.1) is 5.82 Å². The molecule has 4 nitrogen and oxygen atoms in total. The first-order chi connectivity index (χ1) is 12.8. The van der Waals surface area contributed by atoms with E-state index in [0.29, 0.717) is 38.6 Å². The first-order valence-electron chi connectivity index (χ1n) is 9.40. The minimum absolute atomic E-state index is 0.0607. The van der Waals surface area contributed by atoms with Gasteiger partial charge in [0.15, 0.2) is 5.96 Å². The highest BCUT2D eigenvalue weighted by molar-refractivity contribution is 5.80. The standard InChI is InChI=1S/C19H26F4N4/c1-2-24-17(26-16-6-9-27(11-16)13-19(21,22)23)25-12-18(7-8-18)14-4-3-5-15(20)10-14/h3-5,10,16H,2,6-9,11-13H2,1H3,(H2,24,25,26). The maximum atomic E-state index is 13.5.